The van der Waals surface area contributed by atoms with E-state index in [9.17, 15) is 8.42 Å². The largest absolute Gasteiger partial charge is 0.269 e. The summed E-state index contributed by atoms with van der Waals surface area (Å²) >= 11 is 0. The summed E-state index contributed by atoms with van der Waals surface area (Å²) in [4.78, 5) is 9.52. The van der Waals surface area contributed by atoms with Crippen LogP contribution in [0.3, 0.4) is 0 Å². The third-order valence-electron chi connectivity index (χ3n) is 5.39. The monoisotopic (exact) mass is 413 g/mol. The number of pyridine rings is 2. The molecule has 2 aromatic heterocycles. The van der Waals surface area contributed by atoms with Gasteiger partial charge in [-0.1, -0.05) is 29.8 Å². The molecule has 0 N–H and O–H groups in total. The van der Waals surface area contributed by atoms with Gasteiger partial charge in [-0.15, -0.1) is 0 Å². The Labute approximate surface area is 174 Å². The van der Waals surface area contributed by atoms with Crippen LogP contribution in [-0.4, -0.2) is 25.4 Å². The SMILES string of the molecule is Cc1ccc(S(=O)(=O)N(C)c2ccc3cc4ccc5ncccc5c4nc3c2)cc1. The molecule has 0 aliphatic heterocycles. The maximum absolute atomic E-state index is 13.1. The van der Waals surface area contributed by atoms with Crippen LogP contribution in [0.2, 0.25) is 0 Å². The van der Waals surface area contributed by atoms with E-state index in [1.165, 1.54) is 4.31 Å². The van der Waals surface area contributed by atoms with Crippen molar-refractivity contribution < 1.29 is 8.42 Å². The van der Waals surface area contributed by atoms with Crippen LogP contribution in [0.25, 0.3) is 32.7 Å². The lowest BCUT2D eigenvalue weighted by Gasteiger charge is -2.20. The van der Waals surface area contributed by atoms with E-state index in [0.717, 1.165) is 38.3 Å². The fourth-order valence-electron chi connectivity index (χ4n) is 3.64. The molecule has 6 heteroatoms. The van der Waals surface area contributed by atoms with Crippen LogP contribution in [0.4, 0.5) is 5.69 Å². The van der Waals surface area contributed by atoms with Crippen molar-refractivity contribution in [1.29, 1.82) is 0 Å². The van der Waals surface area contributed by atoms with Crippen LogP contribution in [0.1, 0.15) is 5.56 Å². The van der Waals surface area contributed by atoms with Crippen molar-refractivity contribution in [2.75, 3.05) is 11.4 Å². The average molecular weight is 414 g/mol. The lowest BCUT2D eigenvalue weighted by atomic mass is 10.1. The van der Waals surface area contributed by atoms with Gasteiger partial charge in [-0.3, -0.25) is 9.29 Å². The molecular weight excluding hydrogens is 394 g/mol. The Kier molecular flexibility index (Phi) is 4.18. The van der Waals surface area contributed by atoms with Crippen LogP contribution >= 0.6 is 0 Å². The van der Waals surface area contributed by atoms with Gasteiger partial charge in [-0.2, -0.15) is 0 Å². The number of nitrogens with zero attached hydrogens (tertiary/aromatic N) is 3. The molecule has 5 aromatic rings. The lowest BCUT2D eigenvalue weighted by molar-refractivity contribution is 0.594. The molecule has 0 aliphatic carbocycles. The average Bonchev–Trinajstić information content (AvgIpc) is 2.77. The Morgan fingerprint density at radius 3 is 2.40 bits per heavy atom. The summed E-state index contributed by atoms with van der Waals surface area (Å²) in [5, 5.41) is 2.95. The third kappa shape index (κ3) is 2.97. The van der Waals surface area contributed by atoms with Gasteiger partial charge in [0, 0.05) is 29.4 Å². The molecule has 0 amide bonds. The first-order chi connectivity index (χ1) is 14.4. The summed E-state index contributed by atoms with van der Waals surface area (Å²) < 4.78 is 27.4. The highest BCUT2D eigenvalue weighted by Gasteiger charge is 2.21. The molecule has 2 heterocycles. The van der Waals surface area contributed by atoms with Crippen molar-refractivity contribution in [3.63, 3.8) is 0 Å². The number of hydrogen-bond donors (Lipinski definition) is 0. The minimum absolute atomic E-state index is 0.263. The maximum atomic E-state index is 13.1. The molecule has 0 saturated carbocycles. The maximum Gasteiger partial charge on any atom is 0.264 e. The van der Waals surface area contributed by atoms with Crippen molar-refractivity contribution in [3.8, 4) is 0 Å². The van der Waals surface area contributed by atoms with E-state index >= 15 is 0 Å². The lowest BCUT2D eigenvalue weighted by Crippen LogP contribution is -2.26. The molecule has 0 unspecified atom stereocenters. The molecule has 0 fully saturated rings. The Bertz CT molecular complexity index is 1530. The van der Waals surface area contributed by atoms with E-state index in [0.29, 0.717) is 5.69 Å². The Morgan fingerprint density at radius 2 is 1.60 bits per heavy atom. The second kappa shape index (κ2) is 6.78. The second-order valence-electron chi connectivity index (χ2n) is 7.36. The van der Waals surface area contributed by atoms with Gasteiger partial charge in [-0.05, 0) is 55.5 Å². The van der Waals surface area contributed by atoms with Crippen LogP contribution < -0.4 is 4.31 Å². The number of aromatic nitrogens is 2. The van der Waals surface area contributed by atoms with Crippen molar-refractivity contribution in [3.05, 3.63) is 84.6 Å². The van der Waals surface area contributed by atoms with Gasteiger partial charge in [-0.25, -0.2) is 13.4 Å². The van der Waals surface area contributed by atoms with Gasteiger partial charge >= 0.3 is 0 Å². The number of rotatable bonds is 3. The molecule has 0 spiro atoms. The highest BCUT2D eigenvalue weighted by Crippen LogP contribution is 2.29. The number of hydrogen-bond acceptors (Lipinski definition) is 4. The van der Waals surface area contributed by atoms with E-state index in [1.807, 2.05) is 49.4 Å². The topological polar surface area (TPSA) is 63.2 Å². The zero-order valence-corrected chi connectivity index (χ0v) is 17.4. The first-order valence-electron chi connectivity index (χ1n) is 9.57. The van der Waals surface area contributed by atoms with Crippen molar-refractivity contribution in [2.24, 2.45) is 0 Å². The molecule has 5 rings (SSSR count). The first kappa shape index (κ1) is 18.5. The molecular formula is C24H19N3O2S. The van der Waals surface area contributed by atoms with Crippen LogP contribution in [-0.2, 0) is 10.0 Å². The van der Waals surface area contributed by atoms with Crippen LogP contribution in [0.5, 0.6) is 0 Å². The summed E-state index contributed by atoms with van der Waals surface area (Å²) in [7, 11) is -2.09. The van der Waals surface area contributed by atoms with E-state index < -0.39 is 10.0 Å². The minimum Gasteiger partial charge on any atom is -0.269 e. The van der Waals surface area contributed by atoms with E-state index in [2.05, 4.69) is 11.1 Å². The summed E-state index contributed by atoms with van der Waals surface area (Å²) in [5.74, 6) is 0. The van der Waals surface area contributed by atoms with Gasteiger partial charge < -0.3 is 0 Å². The molecule has 0 aliphatic rings. The van der Waals surface area contributed by atoms with Crippen molar-refractivity contribution in [2.45, 2.75) is 11.8 Å². The molecule has 0 bridgehead atoms. The summed E-state index contributed by atoms with van der Waals surface area (Å²) in [6.45, 7) is 1.93. The fourth-order valence-corrected chi connectivity index (χ4v) is 4.82. The highest BCUT2D eigenvalue weighted by molar-refractivity contribution is 7.92. The molecule has 30 heavy (non-hydrogen) atoms. The molecule has 5 nitrogen and oxygen atoms in total. The Morgan fingerprint density at radius 1 is 0.833 bits per heavy atom. The predicted octanol–water partition coefficient (Wildman–Crippen LogP) is 5.07. The standard InChI is InChI=1S/C24H19N3O2S/c1-16-5-10-20(11-6-16)30(28,29)27(2)19-9-7-17-14-18-8-12-22-21(4-3-13-25-22)24(18)26-23(17)15-19/h3-15H,1-2H3. The third-order valence-corrected chi connectivity index (χ3v) is 7.19. The van der Waals surface area contributed by atoms with Crippen LogP contribution in [0, 0.1) is 6.92 Å². The number of benzene rings is 3. The zero-order valence-electron chi connectivity index (χ0n) is 16.6. The van der Waals surface area contributed by atoms with Crippen LogP contribution in [0.15, 0.2) is 83.9 Å². The number of fused-ring (bicyclic) bond motifs is 4. The van der Waals surface area contributed by atoms with Gasteiger partial charge in [0.15, 0.2) is 0 Å². The quantitative estimate of drug-likeness (QED) is 0.306. The highest BCUT2D eigenvalue weighted by atomic mass is 32.2. The molecule has 0 saturated heterocycles. The predicted molar refractivity (Wildman–Crippen MR) is 121 cm³/mol. The molecule has 148 valence electrons. The van der Waals surface area contributed by atoms with Crippen molar-refractivity contribution >= 4 is 48.4 Å². The zero-order chi connectivity index (χ0) is 20.9. The van der Waals surface area contributed by atoms with Gasteiger partial charge in [0.2, 0.25) is 0 Å². The summed E-state index contributed by atoms with van der Waals surface area (Å²) in [5.41, 5.74) is 4.05. The first-order valence-corrected chi connectivity index (χ1v) is 11.0. The Hall–Kier alpha value is -3.51. The summed E-state index contributed by atoms with van der Waals surface area (Å²) in [6.07, 6.45) is 1.76. The smallest absolute Gasteiger partial charge is 0.264 e. The van der Waals surface area contributed by atoms with E-state index in [4.69, 9.17) is 4.98 Å². The number of sulfonamides is 1. The summed E-state index contributed by atoms with van der Waals surface area (Å²) in [6, 6.07) is 22.4. The minimum atomic E-state index is -3.66. The van der Waals surface area contributed by atoms with Gasteiger partial charge in [0.1, 0.15) is 0 Å². The van der Waals surface area contributed by atoms with Gasteiger partial charge in [0.05, 0.1) is 27.1 Å². The molecule has 0 radical (unpaired) electrons. The van der Waals surface area contributed by atoms with E-state index in [-0.39, 0.29) is 4.90 Å². The van der Waals surface area contributed by atoms with Crippen molar-refractivity contribution in [1.82, 2.24) is 9.97 Å². The second-order valence-corrected chi connectivity index (χ2v) is 9.33. The molecule has 0 atom stereocenters. The Balaban J connectivity index is 1.65. The number of anilines is 1. The fraction of sp³-hybridized carbons (Fsp3) is 0.0833. The number of aryl methyl sites for hydroxylation is 1. The van der Waals surface area contributed by atoms with E-state index in [1.54, 1.807) is 37.5 Å². The molecule has 3 aromatic carbocycles. The normalized spacial score (nSPS) is 11.9. The van der Waals surface area contributed by atoms with Gasteiger partial charge in [0.25, 0.3) is 10.0 Å².